The molecule has 0 aliphatic carbocycles. The molecule has 0 amide bonds. The summed E-state index contributed by atoms with van der Waals surface area (Å²) in [5.41, 5.74) is 1.01. The van der Waals surface area contributed by atoms with E-state index in [9.17, 15) is 8.78 Å². The van der Waals surface area contributed by atoms with Crippen molar-refractivity contribution in [1.82, 2.24) is 0 Å². The second-order valence-electron chi connectivity index (χ2n) is 5.77. The van der Waals surface area contributed by atoms with Crippen LogP contribution < -0.4 is 4.74 Å². The van der Waals surface area contributed by atoms with E-state index in [0.29, 0.717) is 0 Å². The molecule has 0 bridgehead atoms. The second-order valence-corrected chi connectivity index (χ2v) is 7.80. The highest BCUT2D eigenvalue weighted by atomic mass is 79.9. The molecule has 0 saturated heterocycles. The highest BCUT2D eigenvalue weighted by Gasteiger charge is 2.20. The van der Waals surface area contributed by atoms with Gasteiger partial charge in [0, 0.05) is 9.75 Å². The van der Waals surface area contributed by atoms with Gasteiger partial charge in [-0.3, -0.25) is 0 Å². The fourth-order valence-corrected chi connectivity index (χ4v) is 3.69. The first-order chi connectivity index (χ1) is 9.77. The molecular weight excluding hydrogens is 358 g/mol. The third kappa shape index (κ3) is 4.27. The van der Waals surface area contributed by atoms with Crippen LogP contribution in [0.25, 0.3) is 0 Å². The molecule has 1 unspecified atom stereocenters. The highest BCUT2D eigenvalue weighted by Crippen LogP contribution is 2.39. The number of rotatable bonds is 4. The molecule has 0 radical (unpaired) electrons. The predicted octanol–water partition coefficient (Wildman–Crippen LogP) is 6.13. The van der Waals surface area contributed by atoms with E-state index in [2.05, 4.69) is 53.6 Å². The molecule has 0 saturated carbocycles. The van der Waals surface area contributed by atoms with Crippen molar-refractivity contribution in [3.05, 3.63) is 51.7 Å². The lowest BCUT2D eigenvalue weighted by Gasteiger charge is -2.16. The second kappa shape index (κ2) is 6.44. The van der Waals surface area contributed by atoms with Crippen LogP contribution in [0.2, 0.25) is 0 Å². The number of ether oxygens (including phenoxy) is 1. The van der Waals surface area contributed by atoms with Crippen LogP contribution in [0.15, 0.2) is 36.4 Å². The van der Waals surface area contributed by atoms with Gasteiger partial charge in [0.2, 0.25) is 0 Å². The largest absolute Gasteiger partial charge is 0.435 e. The van der Waals surface area contributed by atoms with Crippen LogP contribution in [0.1, 0.15) is 40.9 Å². The van der Waals surface area contributed by atoms with Crippen molar-refractivity contribution in [1.29, 1.82) is 0 Å². The zero-order chi connectivity index (χ0) is 15.6. The van der Waals surface area contributed by atoms with Crippen molar-refractivity contribution in [2.45, 2.75) is 37.6 Å². The summed E-state index contributed by atoms with van der Waals surface area (Å²) in [7, 11) is 0. The van der Waals surface area contributed by atoms with E-state index in [4.69, 9.17) is 0 Å². The Kier molecular flexibility index (Phi) is 5.04. The van der Waals surface area contributed by atoms with Crippen LogP contribution in [0.3, 0.4) is 0 Å². The maximum Gasteiger partial charge on any atom is 0.387 e. The molecule has 1 aromatic carbocycles. The van der Waals surface area contributed by atoms with Crippen molar-refractivity contribution in [3.63, 3.8) is 0 Å². The molecular formula is C16H17BrF2OS. The van der Waals surface area contributed by atoms with Gasteiger partial charge in [-0.2, -0.15) is 8.78 Å². The van der Waals surface area contributed by atoms with Crippen LogP contribution in [-0.4, -0.2) is 6.61 Å². The van der Waals surface area contributed by atoms with Crippen molar-refractivity contribution < 1.29 is 13.5 Å². The van der Waals surface area contributed by atoms with Crippen molar-refractivity contribution in [2.24, 2.45) is 0 Å². The van der Waals surface area contributed by atoms with Gasteiger partial charge in [0.05, 0.1) is 4.83 Å². The van der Waals surface area contributed by atoms with Gasteiger partial charge < -0.3 is 4.74 Å². The number of alkyl halides is 3. The van der Waals surface area contributed by atoms with Gasteiger partial charge in [-0.25, -0.2) is 0 Å². The molecule has 2 aromatic rings. The maximum absolute atomic E-state index is 12.3. The molecule has 1 heterocycles. The summed E-state index contributed by atoms with van der Waals surface area (Å²) < 4.78 is 29.0. The third-order valence-corrected chi connectivity index (χ3v) is 5.89. The Morgan fingerprint density at radius 3 is 2.43 bits per heavy atom. The molecule has 0 aliphatic rings. The first-order valence-corrected chi connectivity index (χ1v) is 8.29. The quantitative estimate of drug-likeness (QED) is 0.584. The smallest absolute Gasteiger partial charge is 0.387 e. The lowest BCUT2D eigenvalue weighted by Crippen LogP contribution is -2.07. The maximum atomic E-state index is 12.3. The van der Waals surface area contributed by atoms with E-state index in [1.165, 1.54) is 10.9 Å². The molecule has 5 heteroatoms. The van der Waals surface area contributed by atoms with Crippen LogP contribution in [0, 0.1) is 0 Å². The van der Waals surface area contributed by atoms with Gasteiger partial charge >= 0.3 is 6.61 Å². The summed E-state index contributed by atoms with van der Waals surface area (Å²) in [6, 6.07) is 11.0. The minimum absolute atomic E-state index is 0.0279. The average Bonchev–Trinajstić information content (AvgIpc) is 2.86. The van der Waals surface area contributed by atoms with E-state index in [0.717, 1.165) is 10.4 Å². The fraction of sp³-hybridized carbons (Fsp3) is 0.375. The first kappa shape index (κ1) is 16.4. The zero-order valence-electron chi connectivity index (χ0n) is 12.1. The van der Waals surface area contributed by atoms with Gasteiger partial charge in [-0.15, -0.1) is 11.3 Å². The molecule has 21 heavy (non-hydrogen) atoms. The van der Waals surface area contributed by atoms with Gasteiger partial charge in [-0.1, -0.05) is 48.8 Å². The average molecular weight is 375 g/mol. The standard InChI is InChI=1S/C16H17BrF2OS/c1-16(2,3)13-8-7-12(21-13)14(17)10-5-4-6-11(9-10)20-15(18)19/h4-9,14-15H,1-3H3. The van der Waals surface area contributed by atoms with Crippen molar-refractivity contribution in [3.8, 4) is 5.75 Å². The Bertz CT molecular complexity index is 604. The third-order valence-electron chi connectivity index (χ3n) is 2.99. The normalized spacial score (nSPS) is 13.5. The molecule has 0 N–H and O–H groups in total. The molecule has 1 atom stereocenters. The summed E-state index contributed by atoms with van der Waals surface area (Å²) in [6.45, 7) is 3.71. The zero-order valence-corrected chi connectivity index (χ0v) is 14.5. The van der Waals surface area contributed by atoms with E-state index in [1.54, 1.807) is 23.5 Å². The summed E-state index contributed by atoms with van der Waals surface area (Å²) in [5, 5.41) is 0. The van der Waals surface area contributed by atoms with Crippen LogP contribution in [0.4, 0.5) is 8.78 Å². The lowest BCUT2D eigenvalue weighted by atomic mass is 9.95. The highest BCUT2D eigenvalue weighted by molar-refractivity contribution is 9.09. The first-order valence-electron chi connectivity index (χ1n) is 6.56. The number of thiophene rings is 1. The number of hydrogen-bond donors (Lipinski definition) is 0. The Morgan fingerprint density at radius 2 is 1.86 bits per heavy atom. The Morgan fingerprint density at radius 1 is 1.14 bits per heavy atom. The summed E-state index contributed by atoms with van der Waals surface area (Å²) in [6.07, 6.45) is 0. The molecule has 0 fully saturated rings. The SMILES string of the molecule is CC(C)(C)c1ccc(C(Br)c2cccc(OC(F)F)c2)s1. The summed E-state index contributed by atoms with van der Waals surface area (Å²) in [5.74, 6) is 0.180. The minimum Gasteiger partial charge on any atom is -0.435 e. The van der Waals surface area contributed by atoms with Crippen molar-refractivity contribution in [2.75, 3.05) is 0 Å². The fourth-order valence-electron chi connectivity index (χ4n) is 1.90. The van der Waals surface area contributed by atoms with Crippen LogP contribution in [0.5, 0.6) is 5.75 Å². The van der Waals surface area contributed by atoms with E-state index < -0.39 is 6.61 Å². The van der Waals surface area contributed by atoms with Gasteiger partial charge in [0.25, 0.3) is 0 Å². The van der Waals surface area contributed by atoms with E-state index >= 15 is 0 Å². The molecule has 1 aromatic heterocycles. The monoisotopic (exact) mass is 374 g/mol. The molecule has 2 rings (SSSR count). The van der Waals surface area contributed by atoms with Gasteiger partial charge in [-0.05, 0) is 35.2 Å². The van der Waals surface area contributed by atoms with Crippen LogP contribution >= 0.6 is 27.3 Å². The summed E-state index contributed by atoms with van der Waals surface area (Å²) in [4.78, 5) is 2.41. The van der Waals surface area contributed by atoms with Gasteiger partial charge in [0.1, 0.15) is 5.75 Å². The minimum atomic E-state index is -2.80. The number of benzene rings is 1. The Balaban J connectivity index is 2.23. The number of hydrogen-bond acceptors (Lipinski definition) is 2. The van der Waals surface area contributed by atoms with E-state index in [1.807, 2.05) is 6.07 Å². The Labute approximate surface area is 136 Å². The molecule has 0 aliphatic heterocycles. The van der Waals surface area contributed by atoms with Crippen LogP contribution in [-0.2, 0) is 5.41 Å². The van der Waals surface area contributed by atoms with E-state index in [-0.39, 0.29) is 16.0 Å². The summed E-state index contributed by atoms with van der Waals surface area (Å²) >= 11 is 5.37. The molecule has 0 spiro atoms. The predicted molar refractivity (Wildman–Crippen MR) is 86.9 cm³/mol. The van der Waals surface area contributed by atoms with Crippen molar-refractivity contribution >= 4 is 27.3 Å². The Hall–Kier alpha value is -0.940. The van der Waals surface area contributed by atoms with Gasteiger partial charge in [0.15, 0.2) is 0 Å². The molecule has 1 nitrogen and oxygen atoms in total. The molecule has 114 valence electrons. The number of halogens is 3. The topological polar surface area (TPSA) is 9.23 Å². The lowest BCUT2D eigenvalue weighted by molar-refractivity contribution is -0.0498.